The topological polar surface area (TPSA) is 103 Å². The maximum absolute atomic E-state index is 14.3. The van der Waals surface area contributed by atoms with E-state index in [0.717, 1.165) is 35.4 Å². The van der Waals surface area contributed by atoms with E-state index >= 15 is 0 Å². The molecule has 0 amide bonds. The SMILES string of the molecule is Cn1ccc(S(=O)(=O)N(C2CC2)[C@H]2CCC3=Cc4c(cnn4-c4ccc(F)cc4)C[C@]3(C(=O)c3nccs3)C2)n1. The molecule has 9 nitrogen and oxygen atoms in total. The molecular formula is C28H27FN6O3S2. The van der Waals surface area contributed by atoms with E-state index in [1.807, 2.05) is 6.08 Å². The third-order valence-corrected chi connectivity index (χ3v) is 10.9. The lowest BCUT2D eigenvalue weighted by Crippen LogP contribution is -2.51. The molecule has 0 spiro atoms. The number of Topliss-reactive ketones (excluding diaryl/α,β-unsaturated/α-hetero) is 1. The van der Waals surface area contributed by atoms with Crippen LogP contribution in [0.3, 0.4) is 0 Å². The van der Waals surface area contributed by atoms with E-state index in [1.54, 1.807) is 52.1 Å². The molecule has 3 heterocycles. The summed E-state index contributed by atoms with van der Waals surface area (Å²) in [6.07, 6.45) is 10.6. The fourth-order valence-corrected chi connectivity index (χ4v) is 8.82. The number of benzene rings is 1. The molecule has 3 aliphatic rings. The van der Waals surface area contributed by atoms with Crippen LogP contribution in [0, 0.1) is 11.2 Å². The minimum absolute atomic E-state index is 0.0371. The Bertz CT molecular complexity index is 1740. The highest BCUT2D eigenvalue weighted by molar-refractivity contribution is 7.89. The monoisotopic (exact) mass is 578 g/mol. The number of rotatable bonds is 7. The zero-order valence-corrected chi connectivity index (χ0v) is 23.4. The Morgan fingerprint density at radius 3 is 2.62 bits per heavy atom. The summed E-state index contributed by atoms with van der Waals surface area (Å²) in [6.45, 7) is 0. The second-order valence-corrected chi connectivity index (χ2v) is 13.5. The van der Waals surface area contributed by atoms with Crippen molar-refractivity contribution < 1.29 is 17.6 Å². The number of hydrogen-bond acceptors (Lipinski definition) is 7. The van der Waals surface area contributed by atoms with Crippen molar-refractivity contribution in [3.63, 3.8) is 0 Å². The van der Waals surface area contributed by atoms with Crippen molar-refractivity contribution in [1.29, 1.82) is 0 Å². The second-order valence-electron chi connectivity index (χ2n) is 10.8. The third kappa shape index (κ3) is 4.08. The first-order chi connectivity index (χ1) is 19.3. The van der Waals surface area contributed by atoms with Gasteiger partial charge in [-0.05, 0) is 80.5 Å². The zero-order chi connectivity index (χ0) is 27.6. The van der Waals surface area contributed by atoms with E-state index in [4.69, 9.17) is 0 Å². The number of nitrogens with zero attached hydrogens (tertiary/aromatic N) is 6. The number of allylic oxidation sites excluding steroid dienone is 1. The minimum Gasteiger partial charge on any atom is -0.290 e. The van der Waals surface area contributed by atoms with Gasteiger partial charge < -0.3 is 0 Å². The van der Waals surface area contributed by atoms with Crippen LogP contribution in [0.5, 0.6) is 0 Å². The smallest absolute Gasteiger partial charge is 0.262 e. The predicted octanol–water partition coefficient (Wildman–Crippen LogP) is 4.42. The molecule has 0 unspecified atom stereocenters. The standard InChI is InChI=1S/C28H27FN6O3S2/c1-33-12-10-25(32-33)40(37,38)35(22-8-9-22)23-5-2-19-14-24-18(17-31-34(24)21-6-3-20(29)4-7-21)15-28(19,16-23)26(36)27-30-11-13-39-27/h3-4,6-7,10-14,17,22-23H,2,5,8-9,15-16H2,1H3/t23-,28-/m0/s1. The molecule has 40 heavy (non-hydrogen) atoms. The lowest BCUT2D eigenvalue weighted by Gasteiger charge is -2.46. The highest BCUT2D eigenvalue weighted by Crippen LogP contribution is 2.52. The summed E-state index contributed by atoms with van der Waals surface area (Å²) in [4.78, 5) is 18.6. The molecule has 3 aliphatic carbocycles. The number of sulfonamides is 1. The quantitative estimate of drug-likeness (QED) is 0.301. The number of ketones is 1. The van der Waals surface area contributed by atoms with Crippen LogP contribution in [-0.4, -0.2) is 55.1 Å². The number of hydrogen-bond donors (Lipinski definition) is 0. The van der Waals surface area contributed by atoms with Crippen LogP contribution in [0.15, 0.2) is 64.9 Å². The van der Waals surface area contributed by atoms with Crippen LogP contribution in [0.1, 0.15) is 53.2 Å². The fourth-order valence-electron chi connectivity index (χ4n) is 6.29. The summed E-state index contributed by atoms with van der Waals surface area (Å²) < 4.78 is 46.2. The third-order valence-electron chi connectivity index (χ3n) is 8.27. The zero-order valence-electron chi connectivity index (χ0n) is 21.8. The summed E-state index contributed by atoms with van der Waals surface area (Å²) in [5.74, 6) is -0.403. The molecule has 3 aromatic heterocycles. The van der Waals surface area contributed by atoms with Gasteiger partial charge in [0.1, 0.15) is 5.82 Å². The molecule has 1 aromatic carbocycles. The average molecular weight is 579 g/mol. The van der Waals surface area contributed by atoms with E-state index in [-0.39, 0.29) is 28.7 Å². The van der Waals surface area contributed by atoms with Gasteiger partial charge in [-0.15, -0.1) is 11.3 Å². The number of aryl methyl sites for hydroxylation is 1. The Labute approximate surface area is 235 Å². The van der Waals surface area contributed by atoms with Crippen LogP contribution < -0.4 is 0 Å². The molecule has 0 aliphatic heterocycles. The van der Waals surface area contributed by atoms with E-state index in [9.17, 15) is 17.6 Å². The molecule has 2 saturated carbocycles. The van der Waals surface area contributed by atoms with Gasteiger partial charge in [-0.2, -0.15) is 14.5 Å². The normalized spacial score (nSPS) is 22.6. The van der Waals surface area contributed by atoms with Crippen LogP contribution in [0.25, 0.3) is 11.8 Å². The van der Waals surface area contributed by atoms with Crippen molar-refractivity contribution in [3.8, 4) is 5.69 Å². The predicted molar refractivity (Wildman–Crippen MR) is 147 cm³/mol. The number of fused-ring (bicyclic) bond motifs is 2. The molecule has 0 N–H and O–H groups in total. The molecule has 0 saturated heterocycles. The fraction of sp³-hybridized carbons (Fsp3) is 0.357. The van der Waals surface area contributed by atoms with Crippen molar-refractivity contribution in [2.24, 2.45) is 12.5 Å². The van der Waals surface area contributed by atoms with Crippen LogP contribution >= 0.6 is 11.3 Å². The Morgan fingerprint density at radius 2 is 1.95 bits per heavy atom. The number of aromatic nitrogens is 5. The lowest BCUT2D eigenvalue weighted by molar-refractivity contribution is 0.0738. The lowest BCUT2D eigenvalue weighted by atomic mass is 9.61. The van der Waals surface area contributed by atoms with Gasteiger partial charge in [-0.3, -0.25) is 9.48 Å². The van der Waals surface area contributed by atoms with E-state index in [2.05, 4.69) is 15.2 Å². The van der Waals surface area contributed by atoms with Crippen LogP contribution in [0.2, 0.25) is 0 Å². The number of thiazole rings is 1. The van der Waals surface area contributed by atoms with E-state index < -0.39 is 15.4 Å². The number of halogens is 1. The first kappa shape index (κ1) is 25.5. The minimum atomic E-state index is -3.85. The molecule has 0 bridgehead atoms. The Balaban J connectivity index is 1.31. The summed E-state index contributed by atoms with van der Waals surface area (Å²) in [7, 11) is -2.15. The average Bonchev–Trinajstić information content (AvgIpc) is 3.31. The van der Waals surface area contributed by atoms with Crippen LogP contribution in [-0.2, 0) is 23.5 Å². The summed E-state index contributed by atoms with van der Waals surface area (Å²) in [6, 6.07) is 7.24. The first-order valence-electron chi connectivity index (χ1n) is 13.3. The molecule has 2 fully saturated rings. The molecule has 2 atom stereocenters. The van der Waals surface area contributed by atoms with Gasteiger partial charge >= 0.3 is 0 Å². The largest absolute Gasteiger partial charge is 0.290 e. The maximum Gasteiger partial charge on any atom is 0.262 e. The summed E-state index contributed by atoms with van der Waals surface area (Å²) in [5.41, 5.74) is 2.52. The van der Waals surface area contributed by atoms with Crippen molar-refractivity contribution in [3.05, 3.63) is 82.0 Å². The number of carbonyl (C=O) groups is 1. The van der Waals surface area contributed by atoms with Crippen molar-refractivity contribution >= 4 is 33.2 Å². The van der Waals surface area contributed by atoms with Gasteiger partial charge in [0, 0.05) is 36.9 Å². The first-order valence-corrected chi connectivity index (χ1v) is 15.6. The molecule has 4 aromatic rings. The molecule has 7 rings (SSSR count). The Hall–Kier alpha value is -3.48. The summed E-state index contributed by atoms with van der Waals surface area (Å²) >= 11 is 1.30. The van der Waals surface area contributed by atoms with Gasteiger partial charge in [-0.25, -0.2) is 22.5 Å². The second kappa shape index (κ2) is 9.28. The van der Waals surface area contributed by atoms with E-state index in [0.29, 0.717) is 30.7 Å². The van der Waals surface area contributed by atoms with Gasteiger partial charge in [0.15, 0.2) is 10.0 Å². The maximum atomic E-state index is 14.3. The van der Waals surface area contributed by atoms with Gasteiger partial charge in [0.25, 0.3) is 10.0 Å². The highest BCUT2D eigenvalue weighted by Gasteiger charge is 2.54. The van der Waals surface area contributed by atoms with Gasteiger partial charge in [0.05, 0.1) is 23.0 Å². The molecule has 0 radical (unpaired) electrons. The Kier molecular flexibility index (Phi) is 5.92. The molecule has 12 heteroatoms. The molecular weight excluding hydrogens is 551 g/mol. The van der Waals surface area contributed by atoms with Gasteiger partial charge in [0.2, 0.25) is 5.78 Å². The van der Waals surface area contributed by atoms with E-state index in [1.165, 1.54) is 34.2 Å². The van der Waals surface area contributed by atoms with Crippen molar-refractivity contribution in [2.75, 3.05) is 0 Å². The van der Waals surface area contributed by atoms with Crippen molar-refractivity contribution in [2.45, 2.75) is 55.6 Å². The highest BCUT2D eigenvalue weighted by atomic mass is 32.2. The number of carbonyl (C=O) groups excluding carboxylic acids is 1. The Morgan fingerprint density at radius 1 is 1.15 bits per heavy atom. The summed E-state index contributed by atoms with van der Waals surface area (Å²) in [5, 5.41) is 11.1. The molecule has 206 valence electrons. The van der Waals surface area contributed by atoms with Gasteiger partial charge in [-0.1, -0.05) is 5.57 Å². The van der Waals surface area contributed by atoms with Crippen molar-refractivity contribution in [1.82, 2.24) is 28.9 Å². The van der Waals surface area contributed by atoms with Crippen LogP contribution in [0.4, 0.5) is 4.39 Å².